The van der Waals surface area contributed by atoms with Gasteiger partial charge in [0.05, 0.1) is 5.52 Å². The molecule has 2 aromatic carbocycles. The molecule has 29 heavy (non-hydrogen) atoms. The van der Waals surface area contributed by atoms with E-state index in [1.165, 1.54) is 18.5 Å². The number of nitrogens with zero attached hydrogens (tertiary/aromatic N) is 3. The Balaban J connectivity index is 1.71. The van der Waals surface area contributed by atoms with E-state index < -0.39 is 17.2 Å². The molecule has 5 nitrogen and oxygen atoms in total. The van der Waals surface area contributed by atoms with Crippen LogP contribution in [-0.2, 0) is 13.0 Å². The number of benzene rings is 2. The summed E-state index contributed by atoms with van der Waals surface area (Å²) >= 11 is 0. The molecule has 146 valence electrons. The Bertz CT molecular complexity index is 1180. The SMILES string of the molecule is O=c1cc(CN(CCc2ccccc2)c2ccncn2)c2ccc(F)c(F)c2[nH]1. The highest BCUT2D eigenvalue weighted by atomic mass is 19.2. The lowest BCUT2D eigenvalue weighted by Gasteiger charge is -2.24. The number of nitrogens with one attached hydrogen (secondary N) is 1. The Morgan fingerprint density at radius 2 is 1.86 bits per heavy atom. The Labute approximate surface area is 165 Å². The molecular formula is C22H18F2N4O. The first-order valence-electron chi connectivity index (χ1n) is 9.16. The number of fused-ring (bicyclic) bond motifs is 1. The molecule has 0 atom stereocenters. The van der Waals surface area contributed by atoms with E-state index in [-0.39, 0.29) is 5.52 Å². The third-order valence-corrected chi connectivity index (χ3v) is 4.76. The van der Waals surface area contributed by atoms with Gasteiger partial charge in [-0.25, -0.2) is 18.7 Å². The fourth-order valence-corrected chi connectivity index (χ4v) is 3.33. The average Bonchev–Trinajstić information content (AvgIpc) is 2.75. The summed E-state index contributed by atoms with van der Waals surface area (Å²) < 4.78 is 27.8. The van der Waals surface area contributed by atoms with Crippen molar-refractivity contribution in [3.05, 3.63) is 100 Å². The van der Waals surface area contributed by atoms with E-state index in [0.717, 1.165) is 18.1 Å². The molecule has 0 bridgehead atoms. The number of rotatable bonds is 6. The molecule has 7 heteroatoms. The van der Waals surface area contributed by atoms with Crippen LogP contribution in [0, 0.1) is 11.6 Å². The summed E-state index contributed by atoms with van der Waals surface area (Å²) in [6.45, 7) is 0.939. The minimum absolute atomic E-state index is 0.127. The molecule has 2 heterocycles. The van der Waals surface area contributed by atoms with E-state index >= 15 is 0 Å². The number of hydrogen-bond acceptors (Lipinski definition) is 4. The lowest BCUT2D eigenvalue weighted by molar-refractivity contribution is 0.515. The van der Waals surface area contributed by atoms with Crippen LogP contribution < -0.4 is 10.5 Å². The normalized spacial score (nSPS) is 11.0. The fourth-order valence-electron chi connectivity index (χ4n) is 3.33. The number of H-pyrrole nitrogens is 1. The third-order valence-electron chi connectivity index (χ3n) is 4.76. The van der Waals surface area contributed by atoms with Crippen LogP contribution in [0.3, 0.4) is 0 Å². The topological polar surface area (TPSA) is 61.9 Å². The van der Waals surface area contributed by atoms with Crippen molar-refractivity contribution in [2.45, 2.75) is 13.0 Å². The lowest BCUT2D eigenvalue weighted by Crippen LogP contribution is -2.27. The molecule has 4 aromatic rings. The lowest BCUT2D eigenvalue weighted by atomic mass is 10.1. The maximum absolute atomic E-state index is 14.2. The van der Waals surface area contributed by atoms with Gasteiger partial charge in [0.25, 0.3) is 0 Å². The van der Waals surface area contributed by atoms with Crippen molar-refractivity contribution in [3.8, 4) is 0 Å². The summed E-state index contributed by atoms with van der Waals surface area (Å²) in [5.41, 5.74) is 1.14. The van der Waals surface area contributed by atoms with Gasteiger partial charge in [-0.3, -0.25) is 4.79 Å². The Kier molecular flexibility index (Phi) is 5.29. The molecule has 1 N–H and O–H groups in total. The second kappa shape index (κ2) is 8.18. The van der Waals surface area contributed by atoms with Crippen molar-refractivity contribution in [1.29, 1.82) is 0 Å². The zero-order valence-corrected chi connectivity index (χ0v) is 15.5. The summed E-state index contributed by atoms with van der Waals surface area (Å²) in [6, 6.07) is 15.7. The quantitative estimate of drug-likeness (QED) is 0.542. The molecule has 0 radical (unpaired) electrons. The Hall–Kier alpha value is -3.61. The molecule has 0 amide bonds. The molecule has 2 aromatic heterocycles. The van der Waals surface area contributed by atoms with Gasteiger partial charge in [0, 0.05) is 30.7 Å². The van der Waals surface area contributed by atoms with E-state index in [0.29, 0.717) is 29.9 Å². The summed E-state index contributed by atoms with van der Waals surface area (Å²) in [5.74, 6) is -1.37. The number of aromatic nitrogens is 3. The molecule has 0 unspecified atom stereocenters. The molecule has 4 rings (SSSR count). The number of pyridine rings is 1. The van der Waals surface area contributed by atoms with Gasteiger partial charge in [-0.2, -0.15) is 0 Å². The molecular weight excluding hydrogens is 374 g/mol. The Morgan fingerprint density at radius 3 is 2.62 bits per heavy atom. The Morgan fingerprint density at radius 1 is 1.03 bits per heavy atom. The fraction of sp³-hybridized carbons (Fsp3) is 0.136. The van der Waals surface area contributed by atoms with E-state index in [2.05, 4.69) is 15.0 Å². The van der Waals surface area contributed by atoms with Gasteiger partial charge < -0.3 is 9.88 Å². The van der Waals surface area contributed by atoms with Crippen molar-refractivity contribution in [2.75, 3.05) is 11.4 Å². The van der Waals surface area contributed by atoms with Gasteiger partial charge in [0.1, 0.15) is 12.1 Å². The summed E-state index contributed by atoms with van der Waals surface area (Å²) in [4.78, 5) is 24.7. The van der Waals surface area contributed by atoms with Crippen molar-refractivity contribution in [1.82, 2.24) is 15.0 Å². The second-order valence-corrected chi connectivity index (χ2v) is 6.67. The zero-order chi connectivity index (χ0) is 20.2. The highest BCUT2D eigenvalue weighted by Crippen LogP contribution is 2.23. The number of aromatic amines is 1. The predicted molar refractivity (Wildman–Crippen MR) is 108 cm³/mol. The van der Waals surface area contributed by atoms with Crippen LogP contribution in [0.25, 0.3) is 10.9 Å². The first-order valence-corrected chi connectivity index (χ1v) is 9.16. The molecule has 0 aliphatic heterocycles. The van der Waals surface area contributed by atoms with Crippen LogP contribution in [0.15, 0.2) is 71.9 Å². The van der Waals surface area contributed by atoms with Crippen LogP contribution in [0.4, 0.5) is 14.6 Å². The molecule has 0 aliphatic rings. The summed E-state index contributed by atoms with van der Waals surface area (Å²) in [7, 11) is 0. The van der Waals surface area contributed by atoms with Crippen molar-refractivity contribution in [2.24, 2.45) is 0 Å². The maximum atomic E-state index is 14.2. The van der Waals surface area contributed by atoms with Crippen LogP contribution in [0.5, 0.6) is 0 Å². The maximum Gasteiger partial charge on any atom is 0.248 e. The van der Waals surface area contributed by atoms with Crippen molar-refractivity contribution >= 4 is 16.7 Å². The van der Waals surface area contributed by atoms with Crippen LogP contribution in [-0.4, -0.2) is 21.5 Å². The zero-order valence-electron chi connectivity index (χ0n) is 15.5. The van der Waals surface area contributed by atoms with Crippen LogP contribution >= 0.6 is 0 Å². The highest BCUT2D eigenvalue weighted by Gasteiger charge is 2.15. The predicted octanol–water partition coefficient (Wildman–Crippen LogP) is 3.85. The van der Waals surface area contributed by atoms with E-state index in [9.17, 15) is 13.6 Å². The molecule has 0 aliphatic carbocycles. The first-order chi connectivity index (χ1) is 14.1. The van der Waals surface area contributed by atoms with Gasteiger partial charge in [0.15, 0.2) is 11.6 Å². The molecule has 0 spiro atoms. The van der Waals surface area contributed by atoms with Crippen LogP contribution in [0.2, 0.25) is 0 Å². The van der Waals surface area contributed by atoms with E-state index in [1.807, 2.05) is 35.2 Å². The van der Waals surface area contributed by atoms with Gasteiger partial charge >= 0.3 is 0 Å². The van der Waals surface area contributed by atoms with Gasteiger partial charge in [0.2, 0.25) is 5.56 Å². The number of anilines is 1. The van der Waals surface area contributed by atoms with Crippen molar-refractivity contribution in [3.63, 3.8) is 0 Å². The average molecular weight is 392 g/mol. The molecule has 0 fully saturated rings. The smallest absolute Gasteiger partial charge is 0.248 e. The highest BCUT2D eigenvalue weighted by molar-refractivity contribution is 5.82. The van der Waals surface area contributed by atoms with Crippen LogP contribution in [0.1, 0.15) is 11.1 Å². The standard InChI is InChI=1S/C22H18F2N4O/c23-18-7-6-17-16(12-20(29)27-22(17)21(18)24)13-28(19-8-10-25-14-26-19)11-9-15-4-2-1-3-5-15/h1-8,10,12,14H,9,11,13H2,(H,27,29). The van der Waals surface area contributed by atoms with Gasteiger partial charge in [-0.15, -0.1) is 0 Å². The second-order valence-electron chi connectivity index (χ2n) is 6.67. The minimum Gasteiger partial charge on any atom is -0.352 e. The third kappa shape index (κ3) is 4.13. The van der Waals surface area contributed by atoms with Gasteiger partial charge in [-0.1, -0.05) is 30.3 Å². The van der Waals surface area contributed by atoms with E-state index in [1.54, 1.807) is 12.3 Å². The molecule has 0 saturated heterocycles. The summed E-state index contributed by atoms with van der Waals surface area (Å²) in [5, 5.41) is 0.460. The number of hydrogen-bond donors (Lipinski definition) is 1. The minimum atomic E-state index is -1.06. The summed E-state index contributed by atoms with van der Waals surface area (Å²) in [6.07, 6.45) is 3.85. The van der Waals surface area contributed by atoms with Crippen molar-refractivity contribution < 1.29 is 8.78 Å². The first kappa shape index (κ1) is 18.7. The largest absolute Gasteiger partial charge is 0.352 e. The molecule has 0 saturated carbocycles. The van der Waals surface area contributed by atoms with E-state index in [4.69, 9.17) is 0 Å². The van der Waals surface area contributed by atoms with Gasteiger partial charge in [-0.05, 0) is 35.7 Å². The number of halogens is 2. The monoisotopic (exact) mass is 392 g/mol.